The summed E-state index contributed by atoms with van der Waals surface area (Å²) in [5, 5.41) is 9.07. The van der Waals surface area contributed by atoms with Gasteiger partial charge in [-0.25, -0.2) is 0 Å². The largest absolute Gasteiger partial charge is 0.381 e. The Morgan fingerprint density at radius 2 is 1.84 bits per heavy atom. The Labute approximate surface area is 180 Å². The summed E-state index contributed by atoms with van der Waals surface area (Å²) < 4.78 is 0. The van der Waals surface area contributed by atoms with Gasteiger partial charge in [0.05, 0.1) is 11.1 Å². The number of piperidine rings is 2. The number of rotatable bonds is 5. The van der Waals surface area contributed by atoms with E-state index < -0.39 is 23.8 Å². The standard InChI is InChI=1S/C22H27N5O4/c28-19-6-5-18(20(29)25-19)27-21(30)16-4-3-14(8-17(16)22(27)31)24-15-2-1-7-26(12-15)11-13-9-23-10-13/h3-4,8,13,15,18,23-24H,1-2,5-7,9-12H2,(H,25,28,29)/t15-,18?/m0/s1. The van der Waals surface area contributed by atoms with Crippen molar-refractivity contribution in [3.63, 3.8) is 0 Å². The summed E-state index contributed by atoms with van der Waals surface area (Å²) in [6.07, 6.45) is 2.47. The van der Waals surface area contributed by atoms with Crippen LogP contribution in [0.2, 0.25) is 0 Å². The van der Waals surface area contributed by atoms with Gasteiger partial charge in [-0.15, -0.1) is 0 Å². The summed E-state index contributed by atoms with van der Waals surface area (Å²) >= 11 is 0. The van der Waals surface area contributed by atoms with Crippen LogP contribution in [0.15, 0.2) is 18.2 Å². The van der Waals surface area contributed by atoms with Gasteiger partial charge < -0.3 is 15.5 Å². The third kappa shape index (κ3) is 3.83. The van der Waals surface area contributed by atoms with Crippen molar-refractivity contribution in [2.75, 3.05) is 38.0 Å². The number of imide groups is 2. The molecule has 2 atom stereocenters. The molecule has 1 aromatic rings. The highest BCUT2D eigenvalue weighted by Crippen LogP contribution is 2.30. The van der Waals surface area contributed by atoms with Crippen LogP contribution in [-0.4, -0.2) is 78.2 Å². The molecular weight excluding hydrogens is 398 g/mol. The van der Waals surface area contributed by atoms with Crippen molar-refractivity contribution in [2.24, 2.45) is 5.92 Å². The van der Waals surface area contributed by atoms with Crippen LogP contribution in [0, 0.1) is 5.92 Å². The van der Waals surface area contributed by atoms with E-state index in [1.54, 1.807) is 12.1 Å². The summed E-state index contributed by atoms with van der Waals surface area (Å²) in [7, 11) is 0. The first-order valence-electron chi connectivity index (χ1n) is 11.0. The lowest BCUT2D eigenvalue weighted by Gasteiger charge is -2.38. The highest BCUT2D eigenvalue weighted by atomic mass is 16.2. The molecule has 0 radical (unpaired) electrons. The molecule has 5 rings (SSSR count). The molecule has 4 aliphatic rings. The number of likely N-dealkylation sites (tertiary alicyclic amines) is 1. The Morgan fingerprint density at radius 1 is 1.03 bits per heavy atom. The Bertz CT molecular complexity index is 944. The molecule has 0 bridgehead atoms. The van der Waals surface area contributed by atoms with Crippen LogP contribution in [0.4, 0.5) is 5.69 Å². The summed E-state index contributed by atoms with van der Waals surface area (Å²) in [4.78, 5) is 52.9. The zero-order valence-electron chi connectivity index (χ0n) is 17.4. The van der Waals surface area contributed by atoms with Gasteiger partial charge in [0.1, 0.15) is 6.04 Å². The van der Waals surface area contributed by atoms with E-state index in [-0.39, 0.29) is 18.7 Å². The molecule has 4 aliphatic heterocycles. The first-order valence-corrected chi connectivity index (χ1v) is 11.0. The minimum Gasteiger partial charge on any atom is -0.381 e. The van der Waals surface area contributed by atoms with Crippen molar-refractivity contribution in [1.29, 1.82) is 0 Å². The van der Waals surface area contributed by atoms with Crippen molar-refractivity contribution in [3.8, 4) is 0 Å². The van der Waals surface area contributed by atoms with E-state index in [1.807, 2.05) is 6.07 Å². The highest BCUT2D eigenvalue weighted by Gasteiger charge is 2.44. The normalized spacial score (nSPS) is 27.2. The Hall–Kier alpha value is -2.78. The maximum absolute atomic E-state index is 13.0. The number of nitrogens with zero attached hydrogens (tertiary/aromatic N) is 2. The fraction of sp³-hybridized carbons (Fsp3) is 0.545. The lowest BCUT2D eigenvalue weighted by atomic mass is 9.99. The van der Waals surface area contributed by atoms with Gasteiger partial charge in [0.2, 0.25) is 11.8 Å². The Balaban J connectivity index is 1.27. The van der Waals surface area contributed by atoms with Crippen LogP contribution >= 0.6 is 0 Å². The molecule has 9 heteroatoms. The topological polar surface area (TPSA) is 111 Å². The molecular formula is C22H27N5O4. The van der Waals surface area contributed by atoms with E-state index in [9.17, 15) is 19.2 Å². The third-order valence-electron chi connectivity index (χ3n) is 6.70. The number of hydrogen-bond donors (Lipinski definition) is 3. The van der Waals surface area contributed by atoms with E-state index in [2.05, 4.69) is 20.9 Å². The van der Waals surface area contributed by atoms with Crippen molar-refractivity contribution >= 4 is 29.3 Å². The molecule has 1 aromatic carbocycles. The molecule has 4 heterocycles. The molecule has 0 saturated carbocycles. The fourth-order valence-electron chi connectivity index (χ4n) is 4.98. The molecule has 0 aliphatic carbocycles. The molecule has 1 unspecified atom stereocenters. The van der Waals surface area contributed by atoms with Gasteiger partial charge in [0.25, 0.3) is 11.8 Å². The zero-order chi connectivity index (χ0) is 21.5. The second-order valence-electron chi connectivity index (χ2n) is 8.97. The number of carbonyl (C=O) groups excluding carboxylic acids is 4. The number of anilines is 1. The van der Waals surface area contributed by atoms with Crippen molar-refractivity contribution in [2.45, 2.75) is 37.8 Å². The maximum atomic E-state index is 13.0. The van der Waals surface area contributed by atoms with E-state index in [0.717, 1.165) is 62.1 Å². The number of benzene rings is 1. The molecule has 164 valence electrons. The van der Waals surface area contributed by atoms with Gasteiger partial charge in [-0.3, -0.25) is 29.4 Å². The molecule has 3 N–H and O–H groups in total. The van der Waals surface area contributed by atoms with Gasteiger partial charge in [0, 0.05) is 44.3 Å². The molecule has 3 saturated heterocycles. The quantitative estimate of drug-likeness (QED) is 0.578. The van der Waals surface area contributed by atoms with Gasteiger partial charge >= 0.3 is 0 Å². The number of nitrogens with one attached hydrogen (secondary N) is 3. The van der Waals surface area contributed by atoms with Crippen LogP contribution in [0.25, 0.3) is 0 Å². The molecule has 9 nitrogen and oxygen atoms in total. The van der Waals surface area contributed by atoms with E-state index in [0.29, 0.717) is 17.2 Å². The van der Waals surface area contributed by atoms with Gasteiger partial charge in [0.15, 0.2) is 0 Å². The van der Waals surface area contributed by atoms with Gasteiger partial charge in [-0.1, -0.05) is 0 Å². The molecule has 3 fully saturated rings. The predicted molar refractivity (Wildman–Crippen MR) is 113 cm³/mol. The highest BCUT2D eigenvalue weighted by molar-refractivity contribution is 6.23. The van der Waals surface area contributed by atoms with Crippen LogP contribution in [0.1, 0.15) is 46.4 Å². The van der Waals surface area contributed by atoms with E-state index >= 15 is 0 Å². The smallest absolute Gasteiger partial charge is 0.262 e. The monoisotopic (exact) mass is 425 g/mol. The second-order valence-corrected chi connectivity index (χ2v) is 8.97. The molecule has 0 aromatic heterocycles. The Kier molecular flexibility index (Phi) is 5.23. The zero-order valence-corrected chi connectivity index (χ0v) is 17.4. The second kappa shape index (κ2) is 8.05. The number of amides is 4. The number of fused-ring (bicyclic) bond motifs is 1. The summed E-state index contributed by atoms with van der Waals surface area (Å²) in [6.45, 7) is 5.39. The molecule has 4 amide bonds. The molecule has 0 spiro atoms. The minimum atomic E-state index is -0.936. The van der Waals surface area contributed by atoms with Gasteiger partial charge in [-0.05, 0) is 49.9 Å². The average molecular weight is 425 g/mol. The SMILES string of the molecule is O=C1CCC(N2C(=O)c3ccc(N[C@H]4CCCN(CC5CNC5)C4)cc3C2=O)C(=O)N1. The van der Waals surface area contributed by atoms with Crippen molar-refractivity contribution in [3.05, 3.63) is 29.3 Å². The summed E-state index contributed by atoms with van der Waals surface area (Å²) in [5.74, 6) is -1.17. The average Bonchev–Trinajstić information content (AvgIpc) is 2.96. The molecule has 31 heavy (non-hydrogen) atoms. The van der Waals surface area contributed by atoms with E-state index in [1.165, 1.54) is 0 Å². The third-order valence-corrected chi connectivity index (χ3v) is 6.70. The fourth-order valence-corrected chi connectivity index (χ4v) is 4.98. The van der Waals surface area contributed by atoms with Crippen LogP contribution < -0.4 is 16.0 Å². The van der Waals surface area contributed by atoms with Crippen molar-refractivity contribution in [1.82, 2.24) is 20.4 Å². The van der Waals surface area contributed by atoms with Gasteiger partial charge in [-0.2, -0.15) is 0 Å². The summed E-state index contributed by atoms with van der Waals surface area (Å²) in [5.41, 5.74) is 1.43. The van der Waals surface area contributed by atoms with E-state index in [4.69, 9.17) is 0 Å². The van der Waals surface area contributed by atoms with Crippen LogP contribution in [0.5, 0.6) is 0 Å². The predicted octanol–water partition coefficient (Wildman–Crippen LogP) is 0.184. The lowest BCUT2D eigenvalue weighted by Crippen LogP contribution is -2.54. The van der Waals surface area contributed by atoms with Crippen molar-refractivity contribution < 1.29 is 19.2 Å². The number of carbonyl (C=O) groups is 4. The Morgan fingerprint density at radius 3 is 2.58 bits per heavy atom. The van der Waals surface area contributed by atoms with Crippen LogP contribution in [0.3, 0.4) is 0 Å². The summed E-state index contributed by atoms with van der Waals surface area (Å²) in [6, 6.07) is 4.56. The lowest BCUT2D eigenvalue weighted by molar-refractivity contribution is -0.136. The van der Waals surface area contributed by atoms with Crippen LogP contribution in [-0.2, 0) is 9.59 Å². The first kappa shape index (κ1) is 20.1. The first-order chi connectivity index (χ1) is 15.0. The number of hydrogen-bond acceptors (Lipinski definition) is 7. The maximum Gasteiger partial charge on any atom is 0.262 e. The minimum absolute atomic E-state index is 0.117.